The van der Waals surface area contributed by atoms with E-state index < -0.39 is 24.1 Å². The van der Waals surface area contributed by atoms with Gasteiger partial charge in [0.2, 0.25) is 0 Å². The molecule has 0 spiro atoms. The van der Waals surface area contributed by atoms with E-state index in [1.807, 2.05) is 6.07 Å². The van der Waals surface area contributed by atoms with Gasteiger partial charge in [-0.1, -0.05) is 43.2 Å². The predicted octanol–water partition coefficient (Wildman–Crippen LogP) is 2.64. The molecule has 1 aliphatic rings. The van der Waals surface area contributed by atoms with Crippen LogP contribution >= 0.6 is 0 Å². The summed E-state index contributed by atoms with van der Waals surface area (Å²) in [5.41, 5.74) is -1.21. The standard InChI is InChI=1S/C22H34NO5/c1-4-23(3,5-2)15-16-27-20(24)17-28-21(25)22(26,19-13-9-10-14-19)18-11-7-6-8-12-18/h6-8,11-12,19,26H,4-5,9-10,13-17H2,1-3H3/q+1. The third-order valence-corrected chi connectivity index (χ3v) is 6.21. The molecule has 0 amide bonds. The number of carbonyl (C=O) groups is 2. The van der Waals surface area contributed by atoms with Crippen molar-refractivity contribution in [2.45, 2.75) is 45.1 Å². The van der Waals surface area contributed by atoms with Crippen molar-refractivity contribution in [2.75, 3.05) is 39.9 Å². The Bertz CT molecular complexity index is 638. The van der Waals surface area contributed by atoms with Crippen LogP contribution in [0.15, 0.2) is 30.3 Å². The molecule has 6 nitrogen and oxygen atoms in total. The Hall–Kier alpha value is -1.92. The van der Waals surface area contributed by atoms with Crippen LogP contribution < -0.4 is 0 Å². The number of benzene rings is 1. The van der Waals surface area contributed by atoms with Crippen LogP contribution in [0.1, 0.15) is 45.1 Å². The van der Waals surface area contributed by atoms with Gasteiger partial charge in [0.1, 0.15) is 13.2 Å². The first-order valence-corrected chi connectivity index (χ1v) is 10.3. The van der Waals surface area contributed by atoms with Gasteiger partial charge in [0.15, 0.2) is 12.2 Å². The molecule has 1 unspecified atom stereocenters. The Morgan fingerprint density at radius 3 is 2.29 bits per heavy atom. The number of nitrogens with zero attached hydrogens (tertiary/aromatic N) is 1. The quantitative estimate of drug-likeness (QED) is 0.490. The molecule has 0 saturated heterocycles. The summed E-state index contributed by atoms with van der Waals surface area (Å²) in [7, 11) is 2.11. The molecule has 1 aromatic carbocycles. The smallest absolute Gasteiger partial charge is 0.344 e. The Kier molecular flexibility index (Phi) is 8.01. The fourth-order valence-electron chi connectivity index (χ4n) is 3.75. The van der Waals surface area contributed by atoms with Crippen molar-refractivity contribution in [1.29, 1.82) is 0 Å². The number of hydrogen-bond donors (Lipinski definition) is 1. The number of ether oxygens (including phenoxy) is 2. The van der Waals surface area contributed by atoms with Gasteiger partial charge >= 0.3 is 11.9 Å². The van der Waals surface area contributed by atoms with Crippen molar-refractivity contribution in [3.63, 3.8) is 0 Å². The van der Waals surface area contributed by atoms with E-state index in [0.29, 0.717) is 12.1 Å². The van der Waals surface area contributed by atoms with Gasteiger partial charge in [-0.3, -0.25) is 0 Å². The Labute approximate surface area is 168 Å². The molecule has 1 saturated carbocycles. The maximum absolute atomic E-state index is 12.8. The molecule has 1 N–H and O–H groups in total. The van der Waals surface area contributed by atoms with Gasteiger partial charge in [-0.15, -0.1) is 0 Å². The van der Waals surface area contributed by atoms with Crippen LogP contribution in [-0.4, -0.2) is 61.4 Å². The summed E-state index contributed by atoms with van der Waals surface area (Å²) < 4.78 is 11.2. The monoisotopic (exact) mass is 392 g/mol. The summed E-state index contributed by atoms with van der Waals surface area (Å²) in [5, 5.41) is 11.3. The topological polar surface area (TPSA) is 72.8 Å². The number of hydrogen-bond acceptors (Lipinski definition) is 5. The molecule has 2 rings (SSSR count). The minimum Gasteiger partial charge on any atom is -0.457 e. The number of quaternary nitrogens is 1. The van der Waals surface area contributed by atoms with Crippen LogP contribution in [0.25, 0.3) is 0 Å². The predicted molar refractivity (Wildman–Crippen MR) is 106 cm³/mol. The van der Waals surface area contributed by atoms with Crippen molar-refractivity contribution in [1.82, 2.24) is 0 Å². The number of esters is 2. The molecule has 1 aliphatic carbocycles. The Morgan fingerprint density at radius 1 is 1.11 bits per heavy atom. The second kappa shape index (κ2) is 10.0. The SMILES string of the molecule is CC[N+](C)(CC)CCOC(=O)COC(=O)C(O)(c1ccccc1)C1CCCC1. The molecule has 0 aromatic heterocycles. The Morgan fingerprint density at radius 2 is 1.71 bits per heavy atom. The molecule has 1 atom stereocenters. The van der Waals surface area contributed by atoms with Gasteiger partial charge in [0, 0.05) is 5.92 Å². The van der Waals surface area contributed by atoms with E-state index in [4.69, 9.17) is 9.47 Å². The van der Waals surface area contributed by atoms with Gasteiger partial charge in [0.05, 0.1) is 20.1 Å². The van der Waals surface area contributed by atoms with E-state index in [1.54, 1.807) is 24.3 Å². The Balaban J connectivity index is 1.94. The van der Waals surface area contributed by atoms with E-state index in [9.17, 15) is 14.7 Å². The zero-order valence-electron chi connectivity index (χ0n) is 17.4. The van der Waals surface area contributed by atoms with Crippen LogP contribution in [0.5, 0.6) is 0 Å². The van der Waals surface area contributed by atoms with Gasteiger partial charge in [-0.05, 0) is 32.3 Å². The third kappa shape index (κ3) is 5.32. The van der Waals surface area contributed by atoms with E-state index in [-0.39, 0.29) is 12.5 Å². The molecule has 156 valence electrons. The summed E-state index contributed by atoms with van der Waals surface area (Å²) in [5.74, 6) is -1.57. The lowest BCUT2D eigenvalue weighted by Gasteiger charge is -2.32. The highest BCUT2D eigenvalue weighted by molar-refractivity contribution is 5.84. The summed E-state index contributed by atoms with van der Waals surface area (Å²) >= 11 is 0. The van der Waals surface area contributed by atoms with Gasteiger partial charge in [-0.25, -0.2) is 9.59 Å². The molecule has 0 heterocycles. The van der Waals surface area contributed by atoms with Gasteiger partial charge in [-0.2, -0.15) is 0 Å². The first kappa shape index (κ1) is 22.4. The summed E-state index contributed by atoms with van der Waals surface area (Å²) in [6.07, 6.45) is 3.47. The van der Waals surface area contributed by atoms with Gasteiger partial charge in [0.25, 0.3) is 0 Å². The highest BCUT2D eigenvalue weighted by Gasteiger charge is 2.48. The van der Waals surface area contributed by atoms with Crippen molar-refractivity contribution < 1.29 is 28.7 Å². The van der Waals surface area contributed by atoms with E-state index in [2.05, 4.69) is 20.9 Å². The van der Waals surface area contributed by atoms with Crippen LogP contribution in [0, 0.1) is 5.92 Å². The highest BCUT2D eigenvalue weighted by atomic mass is 16.6. The molecule has 1 fully saturated rings. The average molecular weight is 393 g/mol. The minimum atomic E-state index is -1.72. The maximum atomic E-state index is 12.8. The highest BCUT2D eigenvalue weighted by Crippen LogP contribution is 2.41. The lowest BCUT2D eigenvalue weighted by molar-refractivity contribution is -0.906. The minimum absolute atomic E-state index is 0.203. The first-order chi connectivity index (χ1) is 13.4. The average Bonchev–Trinajstić information content (AvgIpc) is 3.27. The molecular weight excluding hydrogens is 358 g/mol. The second-order valence-electron chi connectivity index (χ2n) is 7.89. The zero-order valence-corrected chi connectivity index (χ0v) is 17.4. The van der Waals surface area contributed by atoms with Crippen molar-refractivity contribution in [3.8, 4) is 0 Å². The normalized spacial score (nSPS) is 17.1. The van der Waals surface area contributed by atoms with Crippen LogP contribution in [0.3, 0.4) is 0 Å². The third-order valence-electron chi connectivity index (χ3n) is 6.21. The summed E-state index contributed by atoms with van der Waals surface area (Å²) in [6.45, 7) is 6.61. The maximum Gasteiger partial charge on any atom is 0.344 e. The van der Waals surface area contributed by atoms with Crippen molar-refractivity contribution in [3.05, 3.63) is 35.9 Å². The van der Waals surface area contributed by atoms with Crippen LogP contribution in [0.2, 0.25) is 0 Å². The molecule has 28 heavy (non-hydrogen) atoms. The lowest BCUT2D eigenvalue weighted by atomic mass is 9.80. The fraction of sp³-hybridized carbons (Fsp3) is 0.636. The molecule has 0 radical (unpaired) electrons. The molecular formula is C22H34NO5+. The van der Waals surface area contributed by atoms with E-state index in [0.717, 1.165) is 43.3 Å². The number of carbonyl (C=O) groups excluding carboxylic acids is 2. The number of rotatable bonds is 10. The van der Waals surface area contributed by atoms with Crippen molar-refractivity contribution in [2.24, 2.45) is 5.92 Å². The van der Waals surface area contributed by atoms with E-state index >= 15 is 0 Å². The summed E-state index contributed by atoms with van der Waals surface area (Å²) in [4.78, 5) is 24.8. The molecule has 0 aliphatic heterocycles. The second-order valence-corrected chi connectivity index (χ2v) is 7.89. The largest absolute Gasteiger partial charge is 0.457 e. The summed E-state index contributed by atoms with van der Waals surface area (Å²) in [6, 6.07) is 8.86. The van der Waals surface area contributed by atoms with Crippen molar-refractivity contribution >= 4 is 11.9 Å². The lowest BCUT2D eigenvalue weighted by Crippen LogP contribution is -2.46. The van der Waals surface area contributed by atoms with Crippen LogP contribution in [0.4, 0.5) is 0 Å². The van der Waals surface area contributed by atoms with Gasteiger partial charge < -0.3 is 19.1 Å². The van der Waals surface area contributed by atoms with Crippen LogP contribution in [-0.2, 0) is 24.7 Å². The molecule has 6 heteroatoms. The first-order valence-electron chi connectivity index (χ1n) is 10.3. The number of likely N-dealkylation sites (N-methyl/N-ethyl adjacent to an activating group) is 1. The molecule has 0 bridgehead atoms. The zero-order chi connectivity index (χ0) is 20.6. The fourth-order valence-corrected chi connectivity index (χ4v) is 3.75. The van der Waals surface area contributed by atoms with E-state index in [1.165, 1.54) is 0 Å². The number of aliphatic hydroxyl groups is 1. The molecule has 1 aromatic rings.